The molecule has 0 radical (unpaired) electrons. The highest BCUT2D eigenvalue weighted by Gasteiger charge is 2.08. The summed E-state index contributed by atoms with van der Waals surface area (Å²) in [6.07, 6.45) is 1.00. The van der Waals surface area contributed by atoms with Gasteiger partial charge in [0.15, 0.2) is 0 Å². The van der Waals surface area contributed by atoms with Crippen LogP contribution in [-0.4, -0.2) is 18.6 Å². The van der Waals surface area contributed by atoms with Gasteiger partial charge in [0.1, 0.15) is 5.82 Å². The predicted octanol–water partition coefficient (Wildman–Crippen LogP) is 3.35. The van der Waals surface area contributed by atoms with Gasteiger partial charge in [0.05, 0.1) is 0 Å². The van der Waals surface area contributed by atoms with Crippen LogP contribution in [0.3, 0.4) is 0 Å². The van der Waals surface area contributed by atoms with E-state index in [0.717, 1.165) is 19.5 Å². The summed E-state index contributed by atoms with van der Waals surface area (Å²) in [7, 11) is 0. The maximum atomic E-state index is 13.4. The van der Waals surface area contributed by atoms with Gasteiger partial charge in [-0.2, -0.15) is 0 Å². The van der Waals surface area contributed by atoms with Crippen LogP contribution < -0.4 is 10.6 Å². The van der Waals surface area contributed by atoms with Crippen molar-refractivity contribution in [2.24, 2.45) is 0 Å². The Bertz CT molecular complexity index is 354. The molecule has 102 valence electrons. The van der Waals surface area contributed by atoms with Crippen molar-refractivity contribution in [3.8, 4) is 0 Å². The summed E-state index contributed by atoms with van der Waals surface area (Å²) < 4.78 is 13.4. The van der Waals surface area contributed by atoms with Crippen LogP contribution in [0.4, 0.5) is 4.39 Å². The maximum absolute atomic E-state index is 13.4. The van der Waals surface area contributed by atoms with Crippen LogP contribution in [0, 0.1) is 5.82 Å². The third-order valence-corrected chi connectivity index (χ3v) is 2.90. The first-order valence-corrected chi connectivity index (χ1v) is 6.66. The van der Waals surface area contributed by atoms with Crippen LogP contribution >= 0.6 is 11.6 Å². The van der Waals surface area contributed by atoms with Crippen molar-refractivity contribution in [1.82, 2.24) is 10.6 Å². The Labute approximate surface area is 114 Å². The second-order valence-corrected chi connectivity index (χ2v) is 5.81. The average Bonchev–Trinajstić information content (AvgIpc) is 2.25. The third-order valence-electron chi connectivity index (χ3n) is 2.55. The van der Waals surface area contributed by atoms with Crippen LogP contribution in [0.5, 0.6) is 0 Å². The number of hydrogen-bond acceptors (Lipinski definition) is 2. The Kier molecular flexibility index (Phi) is 6.06. The molecule has 2 N–H and O–H groups in total. The standard InChI is InChI=1S/C14H22ClFN2/c1-14(2,3)18-9-5-8-17-10-11-12(15)6-4-7-13(11)16/h4,6-7,17-18H,5,8-10H2,1-3H3. The summed E-state index contributed by atoms with van der Waals surface area (Å²) in [6, 6.07) is 4.77. The summed E-state index contributed by atoms with van der Waals surface area (Å²) in [5.41, 5.74) is 0.692. The van der Waals surface area contributed by atoms with Crippen LogP contribution in [-0.2, 0) is 6.54 Å². The lowest BCUT2D eigenvalue weighted by molar-refractivity contribution is 0.418. The first-order chi connectivity index (χ1) is 8.40. The molecule has 0 amide bonds. The van der Waals surface area contributed by atoms with Crippen LogP contribution in [0.25, 0.3) is 0 Å². The van der Waals surface area contributed by atoms with Gasteiger partial charge in [-0.25, -0.2) is 4.39 Å². The van der Waals surface area contributed by atoms with Gasteiger partial charge in [-0.3, -0.25) is 0 Å². The lowest BCUT2D eigenvalue weighted by Gasteiger charge is -2.20. The fourth-order valence-electron chi connectivity index (χ4n) is 1.59. The van der Waals surface area contributed by atoms with E-state index in [4.69, 9.17) is 11.6 Å². The maximum Gasteiger partial charge on any atom is 0.129 e. The van der Waals surface area contributed by atoms with E-state index >= 15 is 0 Å². The molecule has 4 heteroatoms. The predicted molar refractivity (Wildman–Crippen MR) is 75.5 cm³/mol. The number of halogens is 2. The number of benzene rings is 1. The second kappa shape index (κ2) is 7.07. The van der Waals surface area contributed by atoms with Gasteiger partial charge in [-0.1, -0.05) is 17.7 Å². The summed E-state index contributed by atoms with van der Waals surface area (Å²) in [4.78, 5) is 0. The minimum absolute atomic E-state index is 0.148. The quantitative estimate of drug-likeness (QED) is 0.776. The van der Waals surface area contributed by atoms with Gasteiger partial charge >= 0.3 is 0 Å². The molecular formula is C14H22ClFN2. The zero-order chi connectivity index (χ0) is 13.6. The molecule has 0 heterocycles. The largest absolute Gasteiger partial charge is 0.312 e. The summed E-state index contributed by atoms with van der Waals surface area (Å²) in [5.74, 6) is -0.247. The van der Waals surface area contributed by atoms with E-state index in [1.807, 2.05) is 0 Å². The van der Waals surface area contributed by atoms with Gasteiger partial charge < -0.3 is 10.6 Å². The molecule has 0 spiro atoms. The lowest BCUT2D eigenvalue weighted by atomic mass is 10.1. The first kappa shape index (κ1) is 15.4. The first-order valence-electron chi connectivity index (χ1n) is 6.29. The van der Waals surface area contributed by atoms with E-state index < -0.39 is 0 Å². The van der Waals surface area contributed by atoms with Crippen molar-refractivity contribution in [2.45, 2.75) is 39.3 Å². The molecule has 1 aromatic carbocycles. The molecule has 1 rings (SSSR count). The zero-order valence-corrected chi connectivity index (χ0v) is 12.1. The van der Waals surface area contributed by atoms with E-state index in [1.165, 1.54) is 6.07 Å². The fraction of sp³-hybridized carbons (Fsp3) is 0.571. The Hall–Kier alpha value is -0.640. The van der Waals surface area contributed by atoms with Crippen molar-refractivity contribution < 1.29 is 4.39 Å². The van der Waals surface area contributed by atoms with Gasteiger partial charge in [0.2, 0.25) is 0 Å². The summed E-state index contributed by atoms with van der Waals surface area (Å²) in [6.45, 7) is 8.68. The molecule has 0 aliphatic rings. The molecular weight excluding hydrogens is 251 g/mol. The van der Waals surface area contributed by atoms with Gasteiger partial charge in [0, 0.05) is 22.7 Å². The third kappa shape index (κ3) is 5.80. The Morgan fingerprint density at radius 3 is 2.56 bits per heavy atom. The van der Waals surface area contributed by atoms with E-state index in [1.54, 1.807) is 12.1 Å². The van der Waals surface area contributed by atoms with Crippen molar-refractivity contribution in [1.29, 1.82) is 0 Å². The molecule has 0 atom stereocenters. The molecule has 0 unspecified atom stereocenters. The minimum atomic E-state index is -0.247. The molecule has 2 nitrogen and oxygen atoms in total. The monoisotopic (exact) mass is 272 g/mol. The average molecular weight is 273 g/mol. The van der Waals surface area contributed by atoms with Crippen LogP contribution in [0.15, 0.2) is 18.2 Å². The number of hydrogen-bond donors (Lipinski definition) is 2. The molecule has 0 aliphatic heterocycles. The zero-order valence-electron chi connectivity index (χ0n) is 11.3. The fourth-order valence-corrected chi connectivity index (χ4v) is 1.82. The highest BCUT2D eigenvalue weighted by Crippen LogP contribution is 2.18. The highest BCUT2D eigenvalue weighted by atomic mass is 35.5. The van der Waals surface area contributed by atoms with Gasteiger partial charge in [-0.05, 0) is 52.4 Å². The Morgan fingerprint density at radius 2 is 1.94 bits per heavy atom. The highest BCUT2D eigenvalue weighted by molar-refractivity contribution is 6.31. The molecule has 18 heavy (non-hydrogen) atoms. The molecule has 0 bridgehead atoms. The molecule has 1 aromatic rings. The molecule has 0 saturated heterocycles. The van der Waals surface area contributed by atoms with E-state index in [9.17, 15) is 4.39 Å². The molecule has 0 fully saturated rings. The Morgan fingerprint density at radius 1 is 1.22 bits per heavy atom. The van der Waals surface area contributed by atoms with Crippen molar-refractivity contribution in [3.05, 3.63) is 34.6 Å². The normalized spacial score (nSPS) is 11.8. The van der Waals surface area contributed by atoms with Crippen molar-refractivity contribution in [2.75, 3.05) is 13.1 Å². The number of nitrogens with one attached hydrogen (secondary N) is 2. The van der Waals surface area contributed by atoms with E-state index in [2.05, 4.69) is 31.4 Å². The van der Waals surface area contributed by atoms with Crippen LogP contribution in [0.1, 0.15) is 32.8 Å². The van der Waals surface area contributed by atoms with Crippen molar-refractivity contribution in [3.63, 3.8) is 0 Å². The molecule has 0 aromatic heterocycles. The Balaban J connectivity index is 2.22. The topological polar surface area (TPSA) is 24.1 Å². The lowest BCUT2D eigenvalue weighted by Crippen LogP contribution is -2.37. The summed E-state index contributed by atoms with van der Waals surface area (Å²) >= 11 is 5.94. The van der Waals surface area contributed by atoms with Crippen LogP contribution in [0.2, 0.25) is 5.02 Å². The van der Waals surface area contributed by atoms with Gasteiger partial charge in [-0.15, -0.1) is 0 Å². The van der Waals surface area contributed by atoms with Crippen molar-refractivity contribution >= 4 is 11.6 Å². The summed E-state index contributed by atoms with van der Waals surface area (Å²) in [5, 5.41) is 7.09. The number of rotatable bonds is 6. The SMILES string of the molecule is CC(C)(C)NCCCNCc1c(F)cccc1Cl. The van der Waals surface area contributed by atoms with E-state index in [0.29, 0.717) is 17.1 Å². The van der Waals surface area contributed by atoms with E-state index in [-0.39, 0.29) is 11.4 Å². The smallest absolute Gasteiger partial charge is 0.129 e. The second-order valence-electron chi connectivity index (χ2n) is 5.41. The molecule has 0 saturated carbocycles. The minimum Gasteiger partial charge on any atom is -0.312 e. The van der Waals surface area contributed by atoms with Gasteiger partial charge in [0.25, 0.3) is 0 Å². The molecule has 0 aliphatic carbocycles.